The first-order valence-corrected chi connectivity index (χ1v) is 8.40. The zero-order chi connectivity index (χ0) is 19.1. The number of hydrogen-bond acceptors (Lipinski definition) is 6. The highest BCUT2D eigenvalue weighted by Gasteiger charge is 2.15. The van der Waals surface area contributed by atoms with Crippen LogP contribution in [0.3, 0.4) is 0 Å². The summed E-state index contributed by atoms with van der Waals surface area (Å²) < 4.78 is 10.7. The van der Waals surface area contributed by atoms with E-state index in [1.165, 1.54) is 7.11 Å². The van der Waals surface area contributed by atoms with E-state index in [-0.39, 0.29) is 11.3 Å². The lowest BCUT2D eigenvalue weighted by molar-refractivity contribution is 0.0730. The Hall–Kier alpha value is -3.38. The van der Waals surface area contributed by atoms with Crippen LogP contribution < -0.4 is 14.9 Å². The van der Waals surface area contributed by atoms with Crippen LogP contribution in [-0.2, 0) is 0 Å². The highest BCUT2D eigenvalue weighted by Crippen LogP contribution is 2.29. The molecule has 2 aromatic carbocycles. The van der Waals surface area contributed by atoms with E-state index < -0.39 is 5.97 Å². The van der Waals surface area contributed by atoms with Crippen LogP contribution in [0.25, 0.3) is 0 Å². The van der Waals surface area contributed by atoms with E-state index in [0.717, 1.165) is 5.56 Å². The lowest BCUT2D eigenvalue weighted by atomic mass is 10.2. The van der Waals surface area contributed by atoms with Gasteiger partial charge in [-0.2, -0.15) is 5.10 Å². The fourth-order valence-corrected chi connectivity index (χ4v) is 2.45. The summed E-state index contributed by atoms with van der Waals surface area (Å²) in [6, 6.07) is 17.3. The SMILES string of the molecule is COc1cc(C=NNc2ccccn2)ccc1OC(=O)c1ccccc1Cl. The minimum atomic E-state index is -0.558. The number of aromatic nitrogens is 1. The van der Waals surface area contributed by atoms with Gasteiger partial charge in [-0.05, 0) is 48.0 Å². The molecule has 0 aliphatic rings. The lowest BCUT2D eigenvalue weighted by Gasteiger charge is -2.10. The van der Waals surface area contributed by atoms with Crippen molar-refractivity contribution in [1.82, 2.24) is 4.98 Å². The van der Waals surface area contributed by atoms with Gasteiger partial charge in [0.1, 0.15) is 5.82 Å². The summed E-state index contributed by atoms with van der Waals surface area (Å²) in [5.74, 6) is 0.762. The summed E-state index contributed by atoms with van der Waals surface area (Å²) in [7, 11) is 1.50. The van der Waals surface area contributed by atoms with Crippen LogP contribution in [0.1, 0.15) is 15.9 Å². The van der Waals surface area contributed by atoms with Gasteiger partial charge in [-0.25, -0.2) is 9.78 Å². The molecule has 0 aliphatic heterocycles. The molecule has 0 unspecified atom stereocenters. The van der Waals surface area contributed by atoms with E-state index >= 15 is 0 Å². The molecule has 0 atom stereocenters. The molecular weight excluding hydrogens is 366 g/mol. The zero-order valence-corrected chi connectivity index (χ0v) is 15.2. The topological polar surface area (TPSA) is 72.8 Å². The fourth-order valence-electron chi connectivity index (χ4n) is 2.23. The molecule has 0 saturated heterocycles. The first kappa shape index (κ1) is 18.4. The van der Waals surface area contributed by atoms with Crippen molar-refractivity contribution in [1.29, 1.82) is 0 Å². The summed E-state index contributed by atoms with van der Waals surface area (Å²) in [6.07, 6.45) is 3.28. The summed E-state index contributed by atoms with van der Waals surface area (Å²) in [4.78, 5) is 16.4. The molecule has 0 amide bonds. The molecule has 0 radical (unpaired) electrons. The van der Waals surface area contributed by atoms with Crippen molar-refractivity contribution in [2.75, 3.05) is 12.5 Å². The Bertz CT molecular complexity index is 962. The number of hydrogen-bond donors (Lipinski definition) is 1. The van der Waals surface area contributed by atoms with Crippen molar-refractivity contribution in [3.63, 3.8) is 0 Å². The maximum Gasteiger partial charge on any atom is 0.345 e. The quantitative estimate of drug-likeness (QED) is 0.296. The van der Waals surface area contributed by atoms with Gasteiger partial charge in [-0.1, -0.05) is 29.8 Å². The van der Waals surface area contributed by atoms with E-state index in [0.29, 0.717) is 16.6 Å². The Morgan fingerprint density at radius 3 is 2.67 bits per heavy atom. The standard InChI is InChI=1S/C20H16ClN3O3/c1-26-18-12-14(13-23-24-19-8-4-5-11-22-19)9-10-17(18)27-20(25)15-6-2-3-7-16(15)21/h2-13H,1H3,(H,22,24). The van der Waals surface area contributed by atoms with Gasteiger partial charge in [-0.3, -0.25) is 5.43 Å². The Balaban J connectivity index is 1.72. The van der Waals surface area contributed by atoms with Crippen molar-refractivity contribution >= 4 is 29.6 Å². The molecular formula is C20H16ClN3O3. The monoisotopic (exact) mass is 381 g/mol. The number of benzene rings is 2. The summed E-state index contributed by atoms with van der Waals surface area (Å²) in [5.41, 5.74) is 3.86. The first-order chi connectivity index (χ1) is 13.2. The van der Waals surface area contributed by atoms with Gasteiger partial charge in [0.25, 0.3) is 0 Å². The smallest absolute Gasteiger partial charge is 0.345 e. The number of methoxy groups -OCH3 is 1. The van der Waals surface area contributed by atoms with Crippen molar-refractivity contribution in [3.05, 3.63) is 83.0 Å². The molecule has 0 spiro atoms. The molecule has 0 saturated carbocycles. The van der Waals surface area contributed by atoms with E-state index in [9.17, 15) is 4.79 Å². The Morgan fingerprint density at radius 1 is 1.11 bits per heavy atom. The normalized spacial score (nSPS) is 10.6. The van der Waals surface area contributed by atoms with Gasteiger partial charge >= 0.3 is 5.97 Å². The minimum Gasteiger partial charge on any atom is -0.493 e. The Morgan fingerprint density at radius 2 is 1.93 bits per heavy atom. The molecule has 0 aliphatic carbocycles. The predicted molar refractivity (Wildman–Crippen MR) is 105 cm³/mol. The number of rotatable bonds is 6. The number of hydrazone groups is 1. The molecule has 0 bridgehead atoms. The van der Waals surface area contributed by atoms with Crippen molar-refractivity contribution in [2.45, 2.75) is 0 Å². The average Bonchev–Trinajstić information content (AvgIpc) is 2.70. The average molecular weight is 382 g/mol. The second kappa shape index (κ2) is 8.82. The van der Waals surface area contributed by atoms with Crippen LogP contribution in [0.5, 0.6) is 11.5 Å². The number of nitrogens with zero attached hydrogens (tertiary/aromatic N) is 2. The molecule has 136 valence electrons. The Labute approximate surface area is 161 Å². The number of carbonyl (C=O) groups is 1. The molecule has 6 nitrogen and oxygen atoms in total. The first-order valence-electron chi connectivity index (χ1n) is 8.02. The molecule has 1 heterocycles. The molecule has 3 rings (SSSR count). The third-order valence-corrected chi connectivity index (χ3v) is 3.87. The summed E-state index contributed by atoms with van der Waals surface area (Å²) >= 11 is 6.03. The molecule has 3 aromatic rings. The molecule has 0 fully saturated rings. The van der Waals surface area contributed by atoms with Gasteiger partial charge in [0.2, 0.25) is 0 Å². The van der Waals surface area contributed by atoms with Crippen molar-refractivity contribution in [2.24, 2.45) is 5.10 Å². The number of ether oxygens (including phenoxy) is 2. The van der Waals surface area contributed by atoms with Crippen LogP contribution in [0.4, 0.5) is 5.82 Å². The van der Waals surface area contributed by atoms with Gasteiger partial charge in [0.15, 0.2) is 11.5 Å². The maximum absolute atomic E-state index is 12.3. The van der Waals surface area contributed by atoms with Crippen molar-refractivity contribution < 1.29 is 14.3 Å². The van der Waals surface area contributed by atoms with E-state index in [1.54, 1.807) is 60.9 Å². The van der Waals surface area contributed by atoms with E-state index in [2.05, 4.69) is 15.5 Å². The molecule has 7 heteroatoms. The number of esters is 1. The third kappa shape index (κ3) is 4.83. The second-order valence-electron chi connectivity index (χ2n) is 5.36. The van der Waals surface area contributed by atoms with Gasteiger partial charge < -0.3 is 9.47 Å². The van der Waals surface area contributed by atoms with Crippen molar-refractivity contribution in [3.8, 4) is 11.5 Å². The van der Waals surface area contributed by atoms with E-state index in [4.69, 9.17) is 21.1 Å². The lowest BCUT2D eigenvalue weighted by Crippen LogP contribution is -2.10. The number of nitrogens with one attached hydrogen (secondary N) is 1. The number of halogens is 1. The van der Waals surface area contributed by atoms with Crippen LogP contribution in [-0.4, -0.2) is 24.3 Å². The third-order valence-electron chi connectivity index (χ3n) is 3.54. The number of anilines is 1. The fraction of sp³-hybridized carbons (Fsp3) is 0.0500. The van der Waals surface area contributed by atoms with Crippen LogP contribution in [0, 0.1) is 0 Å². The van der Waals surface area contributed by atoms with Crippen LogP contribution >= 0.6 is 11.6 Å². The number of carbonyl (C=O) groups excluding carboxylic acids is 1. The highest BCUT2D eigenvalue weighted by molar-refractivity contribution is 6.33. The summed E-state index contributed by atoms with van der Waals surface area (Å²) in [5, 5.41) is 4.44. The zero-order valence-electron chi connectivity index (χ0n) is 14.4. The molecule has 1 N–H and O–H groups in total. The van der Waals surface area contributed by atoms with Gasteiger partial charge in [0.05, 0.1) is 23.9 Å². The molecule has 27 heavy (non-hydrogen) atoms. The highest BCUT2D eigenvalue weighted by atomic mass is 35.5. The van der Waals surface area contributed by atoms with Gasteiger partial charge in [0, 0.05) is 6.20 Å². The minimum absolute atomic E-state index is 0.284. The Kier molecular flexibility index (Phi) is 6.02. The summed E-state index contributed by atoms with van der Waals surface area (Å²) in [6.45, 7) is 0. The number of pyridine rings is 1. The van der Waals surface area contributed by atoms with Crippen LogP contribution in [0.2, 0.25) is 5.02 Å². The maximum atomic E-state index is 12.3. The molecule has 1 aromatic heterocycles. The van der Waals surface area contributed by atoms with Crippen LogP contribution in [0.15, 0.2) is 72.0 Å². The second-order valence-corrected chi connectivity index (χ2v) is 5.77. The van der Waals surface area contributed by atoms with E-state index in [1.807, 2.05) is 12.1 Å². The largest absolute Gasteiger partial charge is 0.493 e. The van der Waals surface area contributed by atoms with Gasteiger partial charge in [-0.15, -0.1) is 0 Å². The predicted octanol–water partition coefficient (Wildman–Crippen LogP) is 4.41.